The lowest BCUT2D eigenvalue weighted by Crippen LogP contribution is -2.32. The van der Waals surface area contributed by atoms with Gasteiger partial charge in [-0.3, -0.25) is 0 Å². The first-order valence-corrected chi connectivity index (χ1v) is 13.3. The van der Waals surface area contributed by atoms with Crippen LogP contribution in [0.25, 0.3) is 21.5 Å². The van der Waals surface area contributed by atoms with Crippen molar-refractivity contribution in [3.63, 3.8) is 0 Å². The van der Waals surface area contributed by atoms with Crippen molar-refractivity contribution in [3.8, 4) is 0 Å². The molecule has 0 aromatic heterocycles. The van der Waals surface area contributed by atoms with Gasteiger partial charge in [0.2, 0.25) is 0 Å². The quantitative estimate of drug-likeness (QED) is 0.502. The van der Waals surface area contributed by atoms with Crippen LogP contribution in [-0.2, 0) is 0 Å². The van der Waals surface area contributed by atoms with Crippen molar-refractivity contribution in [3.05, 3.63) is 48.5 Å². The summed E-state index contributed by atoms with van der Waals surface area (Å²) < 4.78 is 0. The van der Waals surface area contributed by atoms with Crippen LogP contribution >= 0.6 is 0 Å². The molecular weight excluding hydrogens is 272 g/mol. The molecule has 102 valence electrons. The second-order valence-corrected chi connectivity index (χ2v) is 12.0. The number of fused-ring (bicyclic) bond motifs is 2. The van der Waals surface area contributed by atoms with E-state index in [2.05, 4.69) is 74.7 Å². The van der Waals surface area contributed by atoms with Crippen LogP contribution in [0.5, 0.6) is 0 Å². The number of hydrogen-bond acceptors (Lipinski definition) is 0. The van der Waals surface area contributed by atoms with Gasteiger partial charge in [0.25, 0.3) is 0 Å². The minimum atomic E-state index is -0.866. The maximum Gasteiger partial charge on any atom is 0.0663 e. The van der Waals surface area contributed by atoms with Crippen molar-refractivity contribution in [2.75, 3.05) is 0 Å². The van der Waals surface area contributed by atoms with Gasteiger partial charge in [-0.25, -0.2) is 0 Å². The predicted octanol–water partition coefficient (Wildman–Crippen LogP) is 3.38. The fraction of sp³-hybridized carbons (Fsp3) is 0.222. The molecule has 0 aliphatic heterocycles. The molecule has 0 nitrogen and oxygen atoms in total. The first-order valence-electron chi connectivity index (χ1n) is 7.54. The van der Waals surface area contributed by atoms with Gasteiger partial charge in [-0.1, -0.05) is 74.7 Å². The van der Waals surface area contributed by atoms with E-state index in [0.717, 1.165) is 0 Å². The second-order valence-electron chi connectivity index (χ2n) is 6.23. The lowest BCUT2D eigenvalue weighted by Gasteiger charge is -2.20. The van der Waals surface area contributed by atoms with Gasteiger partial charge >= 0.3 is 0 Å². The molecule has 0 unspecified atom stereocenters. The second kappa shape index (κ2) is 5.19. The topological polar surface area (TPSA) is 0 Å². The van der Waals surface area contributed by atoms with Gasteiger partial charge in [-0.05, 0) is 31.9 Å². The van der Waals surface area contributed by atoms with Gasteiger partial charge < -0.3 is 0 Å². The average molecular weight is 295 g/mol. The zero-order valence-electron chi connectivity index (χ0n) is 12.8. The highest BCUT2D eigenvalue weighted by molar-refractivity contribution is 6.80. The van der Waals surface area contributed by atoms with Crippen molar-refractivity contribution in [2.45, 2.75) is 26.2 Å². The monoisotopic (exact) mass is 294 g/mol. The van der Waals surface area contributed by atoms with Crippen molar-refractivity contribution >= 4 is 49.5 Å². The molecule has 2 heteroatoms. The fourth-order valence-electron chi connectivity index (χ4n) is 3.44. The zero-order chi connectivity index (χ0) is 14.3. The molecule has 20 heavy (non-hydrogen) atoms. The minimum Gasteiger partial charge on any atom is -0.0682 e. The summed E-state index contributed by atoms with van der Waals surface area (Å²) >= 11 is 0. The normalized spacial score (nSPS) is 11.9. The lowest BCUT2D eigenvalue weighted by atomic mass is 10.0. The van der Waals surface area contributed by atoms with E-state index in [1.54, 1.807) is 10.4 Å². The van der Waals surface area contributed by atoms with E-state index in [9.17, 15) is 0 Å². The molecule has 3 aromatic rings. The van der Waals surface area contributed by atoms with Crippen LogP contribution in [-0.4, -0.2) is 17.6 Å². The summed E-state index contributed by atoms with van der Waals surface area (Å²) in [6.07, 6.45) is 0. The number of rotatable bonds is 2. The largest absolute Gasteiger partial charge is 0.0682 e. The zero-order valence-corrected chi connectivity index (χ0v) is 15.1. The Bertz CT molecular complexity index is 650. The van der Waals surface area contributed by atoms with Gasteiger partial charge in [-0.2, -0.15) is 0 Å². The average Bonchev–Trinajstić information content (AvgIpc) is 2.43. The molecule has 3 rings (SSSR count). The summed E-state index contributed by atoms with van der Waals surface area (Å²) in [5.41, 5.74) is 0. The summed E-state index contributed by atoms with van der Waals surface area (Å²) in [6, 6.07) is 18.1. The molecular formula is C18H22Si2. The molecule has 0 bridgehead atoms. The summed E-state index contributed by atoms with van der Waals surface area (Å²) in [6.45, 7) is 9.78. The summed E-state index contributed by atoms with van der Waals surface area (Å²) in [5.74, 6) is 0. The molecule has 0 saturated carbocycles. The molecule has 3 aromatic carbocycles. The SMILES string of the molecule is C[SiH](C)c1c2ccccc2c([SiH](C)C)c2ccccc12. The van der Waals surface area contributed by atoms with E-state index >= 15 is 0 Å². The van der Waals surface area contributed by atoms with Gasteiger partial charge in [-0.15, -0.1) is 0 Å². The molecule has 0 spiro atoms. The van der Waals surface area contributed by atoms with Crippen LogP contribution in [0.3, 0.4) is 0 Å². The standard InChI is InChI=1S/C18H22Si2/c1-19(2)17-13-9-5-7-11-15(13)18(20(3)4)16-12-8-6-10-14(16)17/h5-12,19-20H,1-4H3. The van der Waals surface area contributed by atoms with E-state index in [-0.39, 0.29) is 0 Å². The summed E-state index contributed by atoms with van der Waals surface area (Å²) in [7, 11) is -1.73. The van der Waals surface area contributed by atoms with Crippen LogP contribution in [0.15, 0.2) is 48.5 Å². The first kappa shape index (κ1) is 13.6. The molecule has 0 aliphatic carbocycles. The molecule has 0 atom stereocenters. The third-order valence-corrected chi connectivity index (χ3v) is 7.72. The minimum absolute atomic E-state index is 0.866. The summed E-state index contributed by atoms with van der Waals surface area (Å²) in [4.78, 5) is 0. The van der Waals surface area contributed by atoms with Gasteiger partial charge in [0.05, 0.1) is 17.6 Å². The van der Waals surface area contributed by atoms with E-state index < -0.39 is 17.6 Å². The molecule has 0 amide bonds. The first-order chi connectivity index (χ1) is 9.61. The van der Waals surface area contributed by atoms with Crippen LogP contribution in [0.4, 0.5) is 0 Å². The third kappa shape index (κ3) is 2.03. The number of benzene rings is 3. The molecule has 0 heterocycles. The smallest absolute Gasteiger partial charge is 0.0663 e. The maximum absolute atomic E-state index is 2.45. The molecule has 0 N–H and O–H groups in total. The highest BCUT2D eigenvalue weighted by atomic mass is 28.3. The van der Waals surface area contributed by atoms with Gasteiger partial charge in [0, 0.05) is 0 Å². The van der Waals surface area contributed by atoms with Gasteiger partial charge in [0.15, 0.2) is 0 Å². The van der Waals surface area contributed by atoms with Crippen molar-refractivity contribution in [1.82, 2.24) is 0 Å². The Morgan fingerprint density at radius 2 is 0.750 bits per heavy atom. The number of hydrogen-bond donors (Lipinski definition) is 0. The van der Waals surface area contributed by atoms with Crippen molar-refractivity contribution < 1.29 is 0 Å². The maximum atomic E-state index is 2.45. The Labute approximate surface area is 124 Å². The van der Waals surface area contributed by atoms with Crippen molar-refractivity contribution in [1.29, 1.82) is 0 Å². The Morgan fingerprint density at radius 1 is 0.500 bits per heavy atom. The van der Waals surface area contributed by atoms with Gasteiger partial charge in [0.1, 0.15) is 0 Å². The fourth-order valence-corrected chi connectivity index (χ4v) is 6.93. The molecule has 0 radical (unpaired) electrons. The Morgan fingerprint density at radius 3 is 0.950 bits per heavy atom. The Balaban J connectivity index is 2.62. The van der Waals surface area contributed by atoms with E-state index in [1.165, 1.54) is 21.5 Å². The third-order valence-electron chi connectivity index (χ3n) is 4.17. The van der Waals surface area contributed by atoms with E-state index in [1.807, 2.05) is 0 Å². The Hall–Kier alpha value is -1.39. The summed E-state index contributed by atoms with van der Waals surface area (Å²) in [5, 5.41) is 9.37. The van der Waals surface area contributed by atoms with Crippen molar-refractivity contribution in [2.24, 2.45) is 0 Å². The molecule has 0 aliphatic rings. The van der Waals surface area contributed by atoms with Crippen LogP contribution in [0.1, 0.15) is 0 Å². The van der Waals surface area contributed by atoms with E-state index in [0.29, 0.717) is 0 Å². The highest BCUT2D eigenvalue weighted by Crippen LogP contribution is 2.21. The molecule has 0 fully saturated rings. The van der Waals surface area contributed by atoms with Crippen LogP contribution < -0.4 is 10.4 Å². The van der Waals surface area contributed by atoms with Crippen LogP contribution in [0.2, 0.25) is 26.2 Å². The molecule has 0 saturated heterocycles. The van der Waals surface area contributed by atoms with Crippen LogP contribution in [0, 0.1) is 0 Å². The predicted molar refractivity (Wildman–Crippen MR) is 98.5 cm³/mol. The Kier molecular flexibility index (Phi) is 3.52. The lowest BCUT2D eigenvalue weighted by molar-refractivity contribution is 1.78. The highest BCUT2D eigenvalue weighted by Gasteiger charge is 2.17. The van der Waals surface area contributed by atoms with E-state index in [4.69, 9.17) is 0 Å².